The van der Waals surface area contributed by atoms with Crippen LogP contribution < -0.4 is 0 Å². The molecule has 1 atom stereocenters. The molecule has 0 aliphatic rings. The topological polar surface area (TPSA) is 26.3 Å². The summed E-state index contributed by atoms with van der Waals surface area (Å²) in [4.78, 5) is 12.6. The summed E-state index contributed by atoms with van der Waals surface area (Å²) in [7, 11) is 0. The molecule has 0 amide bonds. The monoisotopic (exact) mass is 260 g/mol. The first-order valence-corrected chi connectivity index (χ1v) is 6.86. The minimum Gasteiger partial charge on any atom is -0.453 e. The molecule has 0 bridgehead atoms. The van der Waals surface area contributed by atoms with Crippen molar-refractivity contribution >= 4 is 17.3 Å². The fraction of sp³-hybridized carbons (Fsp3) is 0.267. The van der Waals surface area contributed by atoms with Crippen molar-refractivity contribution in [1.82, 2.24) is 0 Å². The van der Waals surface area contributed by atoms with Gasteiger partial charge in [0.15, 0.2) is 0 Å². The van der Waals surface area contributed by atoms with Gasteiger partial charge in [0.05, 0.1) is 0 Å². The van der Waals surface area contributed by atoms with E-state index in [-0.39, 0.29) is 18.0 Å². The van der Waals surface area contributed by atoms with Gasteiger partial charge in [0.25, 0.3) is 0 Å². The quantitative estimate of drug-likeness (QED) is 0.766. The Hall–Kier alpha value is -1.61. The number of carbonyl (C=O) groups excluding carboxylic acids is 1. The zero-order valence-electron chi connectivity index (χ0n) is 10.5. The third kappa shape index (κ3) is 2.99. The molecule has 0 aliphatic heterocycles. The van der Waals surface area contributed by atoms with E-state index in [4.69, 9.17) is 4.74 Å². The number of carbonyl (C=O) groups is 1. The van der Waals surface area contributed by atoms with E-state index in [1.54, 1.807) is 6.07 Å². The summed E-state index contributed by atoms with van der Waals surface area (Å²) in [5.41, 5.74) is 1.04. The molecule has 0 fully saturated rings. The minimum absolute atomic E-state index is 0.194. The van der Waals surface area contributed by atoms with E-state index in [2.05, 4.69) is 13.8 Å². The van der Waals surface area contributed by atoms with Crippen molar-refractivity contribution < 1.29 is 9.53 Å². The minimum atomic E-state index is -0.243. The third-order valence-corrected chi connectivity index (χ3v) is 3.54. The normalized spacial score (nSPS) is 12.4. The molecule has 1 heterocycles. The van der Waals surface area contributed by atoms with E-state index < -0.39 is 0 Å². The van der Waals surface area contributed by atoms with Gasteiger partial charge in [0, 0.05) is 0 Å². The van der Waals surface area contributed by atoms with Crippen LogP contribution in [0.5, 0.6) is 0 Å². The number of hydrogen-bond acceptors (Lipinski definition) is 3. The van der Waals surface area contributed by atoms with Gasteiger partial charge in [0.2, 0.25) is 0 Å². The Morgan fingerprint density at radius 2 is 1.83 bits per heavy atom. The van der Waals surface area contributed by atoms with Crippen LogP contribution in [0.25, 0.3) is 0 Å². The summed E-state index contributed by atoms with van der Waals surface area (Å²) in [5.74, 6) is 0.00358. The smallest absolute Gasteiger partial charge is 0.348 e. The lowest BCUT2D eigenvalue weighted by atomic mass is 9.99. The fourth-order valence-corrected chi connectivity index (χ4v) is 2.41. The summed E-state index contributed by atoms with van der Waals surface area (Å²) < 4.78 is 5.61. The van der Waals surface area contributed by atoms with E-state index in [9.17, 15) is 4.79 Å². The van der Waals surface area contributed by atoms with Gasteiger partial charge < -0.3 is 4.74 Å². The van der Waals surface area contributed by atoms with Crippen LogP contribution in [0.15, 0.2) is 47.8 Å². The van der Waals surface area contributed by atoms with E-state index in [1.165, 1.54) is 11.3 Å². The molecule has 1 aromatic heterocycles. The van der Waals surface area contributed by atoms with E-state index in [1.807, 2.05) is 41.8 Å². The molecule has 2 nitrogen and oxygen atoms in total. The van der Waals surface area contributed by atoms with Gasteiger partial charge in [-0.1, -0.05) is 50.2 Å². The molecule has 0 spiro atoms. The van der Waals surface area contributed by atoms with Crippen molar-refractivity contribution in [3.8, 4) is 0 Å². The van der Waals surface area contributed by atoms with E-state index in [0.717, 1.165) is 5.56 Å². The van der Waals surface area contributed by atoms with Gasteiger partial charge in [-0.15, -0.1) is 11.3 Å². The predicted octanol–water partition coefficient (Wildman–Crippen LogP) is 4.30. The molecule has 2 rings (SSSR count). The first kappa shape index (κ1) is 12.8. The average molecular weight is 260 g/mol. The lowest BCUT2D eigenvalue weighted by Gasteiger charge is -2.21. The molecule has 1 aromatic carbocycles. The maximum Gasteiger partial charge on any atom is 0.348 e. The van der Waals surface area contributed by atoms with Crippen LogP contribution in [-0.4, -0.2) is 5.97 Å². The summed E-state index contributed by atoms with van der Waals surface area (Å²) >= 11 is 1.41. The number of rotatable bonds is 4. The van der Waals surface area contributed by atoms with Gasteiger partial charge in [-0.05, 0) is 22.9 Å². The molecule has 3 heteroatoms. The number of hydrogen-bond donors (Lipinski definition) is 0. The number of esters is 1. The fourth-order valence-electron chi connectivity index (χ4n) is 1.80. The molecule has 2 aromatic rings. The zero-order valence-corrected chi connectivity index (χ0v) is 11.3. The van der Waals surface area contributed by atoms with Crippen molar-refractivity contribution in [2.45, 2.75) is 20.0 Å². The summed E-state index contributed by atoms with van der Waals surface area (Å²) in [5, 5.41) is 1.88. The first-order chi connectivity index (χ1) is 8.68. The Balaban J connectivity index is 2.15. The standard InChI is InChI=1S/C15H16O2S/c1-11(2)14(12-7-4-3-5-8-12)17-15(16)13-9-6-10-18-13/h3-11,14H,1-2H3/t14-/m1/s1. The highest BCUT2D eigenvalue weighted by molar-refractivity contribution is 7.11. The Bertz CT molecular complexity index is 488. The van der Waals surface area contributed by atoms with Gasteiger partial charge in [-0.2, -0.15) is 0 Å². The molecule has 0 N–H and O–H groups in total. The molecule has 18 heavy (non-hydrogen) atoms. The lowest BCUT2D eigenvalue weighted by molar-refractivity contribution is 0.0182. The SMILES string of the molecule is CC(C)[C@@H](OC(=O)c1cccs1)c1ccccc1. The van der Waals surface area contributed by atoms with Crippen LogP contribution in [0.2, 0.25) is 0 Å². The molecule has 94 valence electrons. The van der Waals surface area contributed by atoms with Crippen molar-refractivity contribution in [2.24, 2.45) is 5.92 Å². The van der Waals surface area contributed by atoms with Crippen molar-refractivity contribution in [3.63, 3.8) is 0 Å². The van der Waals surface area contributed by atoms with Crippen molar-refractivity contribution in [1.29, 1.82) is 0 Å². The van der Waals surface area contributed by atoms with Crippen molar-refractivity contribution in [2.75, 3.05) is 0 Å². The second-order valence-corrected chi connectivity index (χ2v) is 5.41. The number of ether oxygens (including phenoxy) is 1. The largest absolute Gasteiger partial charge is 0.453 e. The van der Waals surface area contributed by atoms with E-state index in [0.29, 0.717) is 4.88 Å². The van der Waals surface area contributed by atoms with Gasteiger partial charge in [-0.25, -0.2) is 4.79 Å². The van der Waals surface area contributed by atoms with Crippen LogP contribution in [0.4, 0.5) is 0 Å². The van der Waals surface area contributed by atoms with Crippen molar-refractivity contribution in [3.05, 3.63) is 58.3 Å². The molecular formula is C15H16O2S. The van der Waals surface area contributed by atoms with Gasteiger partial charge in [-0.3, -0.25) is 0 Å². The third-order valence-electron chi connectivity index (χ3n) is 2.69. The highest BCUT2D eigenvalue weighted by Gasteiger charge is 2.21. The summed E-state index contributed by atoms with van der Waals surface area (Å²) in [6.45, 7) is 4.11. The average Bonchev–Trinajstić information content (AvgIpc) is 2.90. The second-order valence-electron chi connectivity index (χ2n) is 4.46. The van der Waals surface area contributed by atoms with Crippen LogP contribution in [0, 0.1) is 5.92 Å². The molecule has 0 saturated heterocycles. The van der Waals surface area contributed by atoms with Crippen LogP contribution in [0.1, 0.15) is 35.2 Å². The second kappa shape index (κ2) is 5.83. The van der Waals surface area contributed by atoms with Crippen LogP contribution in [0.3, 0.4) is 0 Å². The van der Waals surface area contributed by atoms with E-state index >= 15 is 0 Å². The number of thiophene rings is 1. The highest BCUT2D eigenvalue weighted by atomic mass is 32.1. The van der Waals surface area contributed by atoms with Crippen LogP contribution >= 0.6 is 11.3 Å². The molecular weight excluding hydrogens is 244 g/mol. The highest BCUT2D eigenvalue weighted by Crippen LogP contribution is 2.27. The summed E-state index contributed by atoms with van der Waals surface area (Å²) in [6.07, 6.45) is -0.194. The maximum atomic E-state index is 12.0. The Labute approximate surface area is 111 Å². The maximum absolute atomic E-state index is 12.0. The molecule has 0 unspecified atom stereocenters. The van der Waals surface area contributed by atoms with Crippen LogP contribution in [-0.2, 0) is 4.74 Å². The Kier molecular flexibility index (Phi) is 4.15. The lowest BCUT2D eigenvalue weighted by Crippen LogP contribution is -2.15. The molecule has 0 saturated carbocycles. The molecule has 0 radical (unpaired) electrons. The zero-order chi connectivity index (χ0) is 13.0. The number of benzene rings is 1. The Morgan fingerprint density at radius 1 is 1.11 bits per heavy atom. The van der Waals surface area contributed by atoms with Gasteiger partial charge in [0.1, 0.15) is 11.0 Å². The van der Waals surface area contributed by atoms with Gasteiger partial charge >= 0.3 is 5.97 Å². The Morgan fingerprint density at radius 3 is 2.39 bits per heavy atom. The first-order valence-electron chi connectivity index (χ1n) is 5.98. The molecule has 0 aliphatic carbocycles. The predicted molar refractivity (Wildman–Crippen MR) is 73.8 cm³/mol. The summed E-state index contributed by atoms with van der Waals surface area (Å²) in [6, 6.07) is 13.5.